The van der Waals surface area contributed by atoms with E-state index in [1.54, 1.807) is 0 Å². The molecule has 0 aromatic rings. The smallest absolute Gasteiger partial charge is 0.313 e. The number of Topliss-reactive ketones (excluding diaryl/α,β-unsaturated/α-hetero) is 1. The Balaban J connectivity index is 0.000000158. The Hall–Kier alpha value is -3.18. The molecule has 16 nitrogen and oxygen atoms in total. The second-order valence-electron chi connectivity index (χ2n) is 38.2. The molecule has 0 radical (unpaired) electrons. The molecule has 0 N–H and O–H groups in total. The van der Waals surface area contributed by atoms with Crippen LogP contribution in [-0.4, -0.2) is 99.6 Å². The molecule has 0 spiro atoms. The normalized spacial score (nSPS) is 36.1. The number of esters is 5. The molecule has 14 fully saturated rings. The maximum Gasteiger partial charge on any atom is 0.313 e. The van der Waals surface area contributed by atoms with E-state index in [-0.39, 0.29) is 98.0 Å². The van der Waals surface area contributed by atoms with Crippen molar-refractivity contribution < 1.29 is 76.1 Å². The summed E-state index contributed by atoms with van der Waals surface area (Å²) in [7, 11) is 0. The van der Waals surface area contributed by atoms with E-state index < -0.39 is 33.4 Å². The summed E-state index contributed by atoms with van der Waals surface area (Å²) in [5, 5.41) is 0. The van der Waals surface area contributed by atoms with E-state index in [1.807, 2.05) is 111 Å². The molecule has 14 bridgehead atoms. The maximum absolute atomic E-state index is 12.3. The molecule has 0 heterocycles. The van der Waals surface area contributed by atoms with Gasteiger partial charge in [0.2, 0.25) is 0 Å². The molecule has 0 saturated heterocycles. The molecule has 16 heteroatoms. The van der Waals surface area contributed by atoms with Crippen LogP contribution < -0.4 is 0 Å². The highest BCUT2D eigenvalue weighted by Crippen LogP contribution is 2.68. The van der Waals surface area contributed by atoms with E-state index in [0.717, 1.165) is 117 Å². The number of hydrogen-bond donors (Lipinski definition) is 0. The van der Waals surface area contributed by atoms with Gasteiger partial charge in [0.15, 0.2) is 33.5 Å². The van der Waals surface area contributed by atoms with Gasteiger partial charge in [-0.1, -0.05) is 76.2 Å². The number of fused-ring (bicyclic) bond motifs is 6. The van der Waals surface area contributed by atoms with Gasteiger partial charge < -0.3 is 47.4 Å². The van der Waals surface area contributed by atoms with Crippen LogP contribution in [0.1, 0.15) is 306 Å². The molecule has 99 heavy (non-hydrogen) atoms. The van der Waals surface area contributed by atoms with Crippen LogP contribution in [0.25, 0.3) is 0 Å². The van der Waals surface area contributed by atoms with Gasteiger partial charge in [0, 0.05) is 11.8 Å². The third-order valence-corrected chi connectivity index (χ3v) is 29.9. The third kappa shape index (κ3) is 18.0. The summed E-state index contributed by atoms with van der Waals surface area (Å²) in [5.41, 5.74) is -1.01. The molecule has 14 saturated carbocycles. The summed E-state index contributed by atoms with van der Waals surface area (Å²) in [6.45, 7) is 45.5. The molecule has 14 aliphatic carbocycles. The molecule has 14 rings (SSSR count). The van der Waals surface area contributed by atoms with Crippen molar-refractivity contribution in [3.8, 4) is 0 Å². The quantitative estimate of drug-likeness (QED) is 0.0475. The number of rotatable bonds is 25. The van der Waals surface area contributed by atoms with Gasteiger partial charge in [-0.25, -0.2) is 0 Å². The lowest BCUT2D eigenvalue weighted by Gasteiger charge is -2.53. The van der Waals surface area contributed by atoms with E-state index in [2.05, 4.69) is 41.5 Å². The Kier molecular flexibility index (Phi) is 26.6. The summed E-state index contributed by atoms with van der Waals surface area (Å²) in [4.78, 5) is 72.0. The summed E-state index contributed by atoms with van der Waals surface area (Å²) < 4.78 is 56.3. The van der Waals surface area contributed by atoms with Crippen molar-refractivity contribution >= 4 is 35.6 Å². The monoisotopic (exact) mass is 1390 g/mol. The molecule has 0 aliphatic heterocycles. The van der Waals surface area contributed by atoms with Crippen LogP contribution in [0.4, 0.5) is 0 Å². The van der Waals surface area contributed by atoms with Gasteiger partial charge in [0.25, 0.3) is 0 Å². The van der Waals surface area contributed by atoms with Crippen molar-refractivity contribution in [2.24, 2.45) is 120 Å². The van der Waals surface area contributed by atoms with E-state index in [4.69, 9.17) is 47.4 Å². The average molecular weight is 1390 g/mol. The SMILES string of the molecule is CCC(C)(C)C(=O)OC(C)OC1CC2CCC1(C)C2(C)C.CCC(C)(C)C(=O)OCOC1C2CC3CC(C2)C(=O)C1C3.CCC(C)(C)C(=O)OCOC1C2CC3CC(C2)CC1C3.CCC(C)(C)C(=O)OCOC1CC2CCC1(C)C2(C)C.CCC(C)(C)C(=O)OCOC1CC2CCC1C2. The zero-order valence-corrected chi connectivity index (χ0v) is 66.2. The molecular weight excluding hydrogens is 1250 g/mol. The van der Waals surface area contributed by atoms with Gasteiger partial charge in [-0.05, 0) is 311 Å². The van der Waals surface area contributed by atoms with Crippen molar-refractivity contribution in [1.29, 1.82) is 0 Å². The minimum Gasteiger partial charge on any atom is -0.438 e. The fraction of sp³-hybridized carbons (Fsp3) is 0.928. The summed E-state index contributed by atoms with van der Waals surface area (Å²) in [5.74, 6) is 7.56. The molecule has 0 amide bonds. The first kappa shape index (κ1) is 81.5. The van der Waals surface area contributed by atoms with Crippen LogP contribution in [0.15, 0.2) is 0 Å². The first-order valence-corrected chi connectivity index (χ1v) is 39.7. The number of carbonyl (C=O) groups is 6. The highest BCUT2D eigenvalue weighted by atomic mass is 16.7. The largest absolute Gasteiger partial charge is 0.438 e. The van der Waals surface area contributed by atoms with Gasteiger partial charge in [0.1, 0.15) is 5.78 Å². The van der Waals surface area contributed by atoms with Gasteiger partial charge in [-0.2, -0.15) is 0 Å². The van der Waals surface area contributed by atoms with Crippen molar-refractivity contribution in [2.45, 2.75) is 343 Å². The lowest BCUT2D eigenvalue weighted by Crippen LogP contribution is -2.55. The van der Waals surface area contributed by atoms with Gasteiger partial charge in [-0.3, -0.25) is 28.8 Å². The van der Waals surface area contributed by atoms with Crippen molar-refractivity contribution in [1.82, 2.24) is 0 Å². The minimum absolute atomic E-state index is 0.0114. The maximum atomic E-state index is 12.3. The van der Waals surface area contributed by atoms with Crippen LogP contribution in [0.2, 0.25) is 0 Å². The van der Waals surface area contributed by atoms with E-state index >= 15 is 0 Å². The van der Waals surface area contributed by atoms with Gasteiger partial charge >= 0.3 is 29.8 Å². The highest BCUT2D eigenvalue weighted by Gasteiger charge is 2.64. The third-order valence-electron chi connectivity index (χ3n) is 29.9. The molecule has 0 aromatic heterocycles. The second-order valence-corrected chi connectivity index (χ2v) is 38.2. The molecule has 14 aliphatic rings. The lowest BCUT2D eigenvalue weighted by molar-refractivity contribution is -0.206. The van der Waals surface area contributed by atoms with Crippen molar-refractivity contribution in [2.75, 3.05) is 27.2 Å². The first-order chi connectivity index (χ1) is 46.1. The zero-order valence-electron chi connectivity index (χ0n) is 66.2. The summed E-state index contributed by atoms with van der Waals surface area (Å²) in [6.07, 6.45) is 28.0. The van der Waals surface area contributed by atoms with Crippen LogP contribution in [0.3, 0.4) is 0 Å². The number of carbonyl (C=O) groups excluding carboxylic acids is 6. The topological polar surface area (TPSA) is 195 Å². The molecule has 568 valence electrons. The number of hydrogen-bond acceptors (Lipinski definition) is 16. The van der Waals surface area contributed by atoms with E-state index in [9.17, 15) is 28.8 Å². The van der Waals surface area contributed by atoms with Crippen LogP contribution in [0, 0.1) is 120 Å². The predicted octanol–water partition coefficient (Wildman–Crippen LogP) is 18.5. The van der Waals surface area contributed by atoms with Gasteiger partial charge in [-0.15, -0.1) is 0 Å². The first-order valence-electron chi connectivity index (χ1n) is 39.7. The zero-order chi connectivity index (χ0) is 73.2. The minimum atomic E-state index is -0.469. The van der Waals surface area contributed by atoms with E-state index in [1.165, 1.54) is 89.9 Å². The Morgan fingerprint density at radius 1 is 0.404 bits per heavy atom. The van der Waals surface area contributed by atoms with Crippen LogP contribution in [-0.2, 0) is 76.1 Å². The fourth-order valence-electron chi connectivity index (χ4n) is 19.8. The lowest BCUT2D eigenvalue weighted by atomic mass is 9.54. The molecule has 0 aromatic carbocycles. The van der Waals surface area contributed by atoms with E-state index in [0.29, 0.717) is 34.7 Å². The fourth-order valence-corrected chi connectivity index (χ4v) is 19.8. The molecule has 15 unspecified atom stereocenters. The molecule has 15 atom stereocenters. The standard InChI is InChI=1S/C18H32O3.C17H26O4.C17H28O3.C17H30O3.C14H24O3/c1-8-16(3,4)15(19)21-12(2)20-14-11-13-9-10-18(14,7)17(13,5)6;1-4-17(2,3)16(19)21-9-20-15-12-6-10-5-11(8-12)14(18)13(15)7-10;1-4-17(2,3)16(18)20-10-19-15-13-6-11-5-12(8-13)9-14(15)7-11;1-7-15(2,3)14(18)20-11-19-13-10-12-8-9-17(13,6)16(12,4)5;1-4-14(2,3)13(15)17-9-16-12-8-10-5-6-11(12)7-10/h12-14H,8-11H2,1-7H3;10-13,15H,4-9H2,1-3H3;11-15H,4-10H2,1-3H3;12-13H,7-11H2,1-6H3;10-12H,4-9H2,1-3H3. The van der Waals surface area contributed by atoms with Crippen molar-refractivity contribution in [3.05, 3.63) is 0 Å². The average Bonchev–Trinajstić information content (AvgIpc) is 1.60. The summed E-state index contributed by atoms with van der Waals surface area (Å²) in [6, 6.07) is 0. The summed E-state index contributed by atoms with van der Waals surface area (Å²) >= 11 is 0. The van der Waals surface area contributed by atoms with Crippen LogP contribution in [0.5, 0.6) is 0 Å². The predicted molar refractivity (Wildman–Crippen MR) is 383 cm³/mol. The Morgan fingerprint density at radius 2 is 0.788 bits per heavy atom. The van der Waals surface area contributed by atoms with Gasteiger partial charge in [0.05, 0.1) is 57.6 Å². The Bertz CT molecular complexity index is 2710. The van der Waals surface area contributed by atoms with Crippen molar-refractivity contribution in [3.63, 3.8) is 0 Å². The molecular formula is C83H140O16. The highest BCUT2D eigenvalue weighted by molar-refractivity contribution is 5.86. The second kappa shape index (κ2) is 32.3. The number of ether oxygens (including phenoxy) is 10. The van der Waals surface area contributed by atoms with Crippen LogP contribution >= 0.6 is 0 Å². The Labute approximate surface area is 599 Å². The Morgan fingerprint density at radius 3 is 1.18 bits per heavy atom. The number of ketones is 1.